The molecule has 19 heavy (non-hydrogen) atoms. The molecule has 0 saturated carbocycles. The summed E-state index contributed by atoms with van der Waals surface area (Å²) in [6.07, 6.45) is 0.175. The standard InChI is InChI=1S/C13H18N2O3S/c1-2-12(16)10-15-6-7-19(17,18)13-5-3-4-11(8-13)9-14/h3-5,8,12,15-16H,2,6-7,10H2,1H3. The van der Waals surface area contributed by atoms with Crippen molar-refractivity contribution in [2.45, 2.75) is 24.3 Å². The number of hydrogen-bond acceptors (Lipinski definition) is 5. The van der Waals surface area contributed by atoms with Crippen molar-refractivity contribution in [2.24, 2.45) is 0 Å². The van der Waals surface area contributed by atoms with Gasteiger partial charge in [0.05, 0.1) is 28.4 Å². The van der Waals surface area contributed by atoms with Gasteiger partial charge in [-0.05, 0) is 24.6 Å². The average Bonchev–Trinajstić information content (AvgIpc) is 2.43. The molecule has 0 bridgehead atoms. The summed E-state index contributed by atoms with van der Waals surface area (Å²) in [5.74, 6) is -0.0572. The predicted octanol–water partition coefficient (Wildman–Crippen LogP) is 0.692. The second-order valence-electron chi connectivity index (χ2n) is 4.22. The molecular formula is C13H18N2O3S. The molecule has 1 aromatic rings. The maximum absolute atomic E-state index is 12.0. The van der Waals surface area contributed by atoms with Crippen LogP contribution >= 0.6 is 0 Å². The van der Waals surface area contributed by atoms with Gasteiger partial charge in [-0.15, -0.1) is 0 Å². The molecule has 1 aromatic carbocycles. The van der Waals surface area contributed by atoms with Gasteiger partial charge in [-0.3, -0.25) is 0 Å². The Kier molecular flexibility index (Phi) is 5.96. The van der Waals surface area contributed by atoms with Crippen molar-refractivity contribution in [2.75, 3.05) is 18.8 Å². The van der Waals surface area contributed by atoms with Gasteiger partial charge in [0.2, 0.25) is 0 Å². The fraction of sp³-hybridized carbons (Fsp3) is 0.462. The second-order valence-corrected chi connectivity index (χ2v) is 6.33. The van der Waals surface area contributed by atoms with Crippen LogP contribution in [0.1, 0.15) is 18.9 Å². The third kappa shape index (κ3) is 4.99. The first-order chi connectivity index (χ1) is 8.99. The molecule has 0 amide bonds. The zero-order chi connectivity index (χ0) is 14.3. The Bertz CT molecular complexity index is 549. The van der Waals surface area contributed by atoms with Gasteiger partial charge in [-0.1, -0.05) is 13.0 Å². The highest BCUT2D eigenvalue weighted by atomic mass is 32.2. The Morgan fingerprint density at radius 2 is 2.21 bits per heavy atom. The summed E-state index contributed by atoms with van der Waals surface area (Å²) < 4.78 is 24.0. The van der Waals surface area contributed by atoms with Crippen LogP contribution in [0.4, 0.5) is 0 Å². The normalized spacial score (nSPS) is 12.9. The van der Waals surface area contributed by atoms with Crippen molar-refractivity contribution in [1.29, 1.82) is 5.26 Å². The first-order valence-electron chi connectivity index (χ1n) is 6.11. The number of nitrogens with one attached hydrogen (secondary N) is 1. The number of nitriles is 1. The molecule has 104 valence electrons. The number of hydrogen-bond donors (Lipinski definition) is 2. The van der Waals surface area contributed by atoms with Gasteiger partial charge in [-0.25, -0.2) is 8.42 Å². The minimum absolute atomic E-state index is 0.0572. The zero-order valence-corrected chi connectivity index (χ0v) is 11.7. The van der Waals surface area contributed by atoms with Crippen molar-refractivity contribution in [3.8, 4) is 6.07 Å². The molecule has 0 saturated heterocycles. The van der Waals surface area contributed by atoms with E-state index in [1.165, 1.54) is 12.1 Å². The van der Waals surface area contributed by atoms with Gasteiger partial charge < -0.3 is 10.4 Å². The fourth-order valence-corrected chi connectivity index (χ4v) is 2.74. The summed E-state index contributed by atoms with van der Waals surface area (Å²) >= 11 is 0. The Morgan fingerprint density at radius 1 is 1.47 bits per heavy atom. The summed E-state index contributed by atoms with van der Waals surface area (Å²) in [4.78, 5) is 0.157. The number of nitrogens with zero attached hydrogens (tertiary/aromatic N) is 1. The fourth-order valence-electron chi connectivity index (χ4n) is 1.50. The third-order valence-corrected chi connectivity index (χ3v) is 4.43. The minimum Gasteiger partial charge on any atom is -0.392 e. The molecule has 1 atom stereocenters. The highest BCUT2D eigenvalue weighted by Gasteiger charge is 2.14. The Labute approximate surface area is 113 Å². The van der Waals surface area contributed by atoms with Gasteiger partial charge in [0.1, 0.15) is 0 Å². The number of sulfone groups is 1. The van der Waals surface area contributed by atoms with Crippen LogP contribution < -0.4 is 5.32 Å². The van der Waals surface area contributed by atoms with Gasteiger partial charge in [0.25, 0.3) is 0 Å². The zero-order valence-electron chi connectivity index (χ0n) is 10.8. The van der Waals surface area contributed by atoms with Gasteiger partial charge in [-0.2, -0.15) is 5.26 Å². The van der Waals surface area contributed by atoms with Crippen LogP contribution in [0.3, 0.4) is 0 Å². The highest BCUT2D eigenvalue weighted by molar-refractivity contribution is 7.91. The number of benzene rings is 1. The van der Waals surface area contributed by atoms with Crippen LogP contribution in [0.25, 0.3) is 0 Å². The SMILES string of the molecule is CCC(O)CNCCS(=O)(=O)c1cccc(C#N)c1. The Balaban J connectivity index is 2.59. The minimum atomic E-state index is -3.39. The lowest BCUT2D eigenvalue weighted by molar-refractivity contribution is 0.168. The smallest absolute Gasteiger partial charge is 0.179 e. The van der Waals surface area contributed by atoms with Gasteiger partial charge >= 0.3 is 0 Å². The van der Waals surface area contributed by atoms with Crippen LogP contribution in [-0.4, -0.2) is 38.5 Å². The summed E-state index contributed by atoms with van der Waals surface area (Å²) in [7, 11) is -3.39. The van der Waals surface area contributed by atoms with E-state index in [9.17, 15) is 13.5 Å². The lowest BCUT2D eigenvalue weighted by Gasteiger charge is -2.09. The van der Waals surface area contributed by atoms with Crippen molar-refractivity contribution in [1.82, 2.24) is 5.32 Å². The van der Waals surface area contributed by atoms with Gasteiger partial charge in [0, 0.05) is 13.1 Å². The largest absolute Gasteiger partial charge is 0.392 e. The summed E-state index contributed by atoms with van der Waals surface area (Å²) in [6, 6.07) is 7.89. The first-order valence-corrected chi connectivity index (χ1v) is 7.76. The summed E-state index contributed by atoms with van der Waals surface area (Å²) in [5.41, 5.74) is 0.329. The molecule has 0 aromatic heterocycles. The van der Waals surface area contributed by atoms with E-state index >= 15 is 0 Å². The van der Waals surface area contributed by atoms with E-state index in [0.29, 0.717) is 18.5 Å². The van der Waals surface area contributed by atoms with Crippen molar-refractivity contribution in [3.63, 3.8) is 0 Å². The monoisotopic (exact) mass is 282 g/mol. The molecule has 0 heterocycles. The number of aliphatic hydroxyl groups excluding tert-OH is 1. The molecule has 0 radical (unpaired) electrons. The van der Waals surface area contributed by atoms with E-state index < -0.39 is 15.9 Å². The van der Waals surface area contributed by atoms with Crippen LogP contribution in [0.15, 0.2) is 29.2 Å². The van der Waals surface area contributed by atoms with Crippen LogP contribution in [0.5, 0.6) is 0 Å². The van der Waals surface area contributed by atoms with E-state index in [1.807, 2.05) is 13.0 Å². The van der Waals surface area contributed by atoms with Crippen LogP contribution in [0, 0.1) is 11.3 Å². The molecular weight excluding hydrogens is 264 g/mol. The lowest BCUT2D eigenvalue weighted by atomic mass is 10.2. The average molecular weight is 282 g/mol. The molecule has 0 aliphatic carbocycles. The molecule has 5 nitrogen and oxygen atoms in total. The quantitative estimate of drug-likeness (QED) is 0.718. The third-order valence-electron chi connectivity index (χ3n) is 2.72. The molecule has 0 fully saturated rings. The Hall–Kier alpha value is -1.42. The maximum atomic E-state index is 12.0. The lowest BCUT2D eigenvalue weighted by Crippen LogP contribution is -2.30. The first kappa shape index (κ1) is 15.6. The molecule has 0 aliphatic heterocycles. The van der Waals surface area contributed by atoms with Crippen molar-refractivity contribution in [3.05, 3.63) is 29.8 Å². The van der Waals surface area contributed by atoms with E-state index in [2.05, 4.69) is 5.32 Å². The van der Waals surface area contributed by atoms with E-state index in [4.69, 9.17) is 5.26 Å². The van der Waals surface area contributed by atoms with Crippen LogP contribution in [-0.2, 0) is 9.84 Å². The maximum Gasteiger partial charge on any atom is 0.179 e. The molecule has 2 N–H and O–H groups in total. The highest BCUT2D eigenvalue weighted by Crippen LogP contribution is 2.12. The molecule has 6 heteroatoms. The van der Waals surface area contributed by atoms with E-state index in [1.54, 1.807) is 12.1 Å². The van der Waals surface area contributed by atoms with Gasteiger partial charge in [0.15, 0.2) is 9.84 Å². The number of rotatable bonds is 7. The van der Waals surface area contributed by atoms with Crippen molar-refractivity contribution >= 4 is 9.84 Å². The van der Waals surface area contributed by atoms with Crippen molar-refractivity contribution < 1.29 is 13.5 Å². The van der Waals surface area contributed by atoms with E-state index in [-0.39, 0.29) is 17.2 Å². The molecule has 1 unspecified atom stereocenters. The van der Waals surface area contributed by atoms with Crippen LogP contribution in [0.2, 0.25) is 0 Å². The Morgan fingerprint density at radius 3 is 2.84 bits per heavy atom. The molecule has 1 rings (SSSR count). The molecule has 0 spiro atoms. The summed E-state index contributed by atoms with van der Waals surface area (Å²) in [5, 5.41) is 21.0. The second kappa shape index (κ2) is 7.24. The molecule has 0 aliphatic rings. The predicted molar refractivity (Wildman–Crippen MR) is 72.4 cm³/mol. The van der Waals surface area contributed by atoms with E-state index in [0.717, 1.165) is 0 Å². The topological polar surface area (TPSA) is 90.2 Å². The number of aliphatic hydroxyl groups is 1. The summed E-state index contributed by atoms with van der Waals surface area (Å²) in [6.45, 7) is 2.51.